The van der Waals surface area contributed by atoms with E-state index in [1.165, 1.54) is 17.5 Å². The molecule has 2 aromatic heterocycles. The normalized spacial score (nSPS) is 13.8. The molecule has 0 radical (unpaired) electrons. The number of carbonyl (C=O) groups is 1. The molecule has 2 N–H and O–H groups in total. The summed E-state index contributed by atoms with van der Waals surface area (Å²) >= 11 is 1.43. The molecule has 0 aliphatic carbocycles. The van der Waals surface area contributed by atoms with Crippen LogP contribution in [0.1, 0.15) is 5.56 Å². The molecule has 4 rings (SSSR count). The smallest absolute Gasteiger partial charge is 0.263 e. The maximum atomic E-state index is 12.6. The number of hydrogen-bond donors (Lipinski definition) is 2. The zero-order chi connectivity index (χ0) is 16.0. The SMILES string of the molecule is O=C1Cc2cccc(NS(=O)(=O)c3cnc4ccsc4c3)c2N1. The number of para-hydroxylation sites is 1. The highest BCUT2D eigenvalue weighted by atomic mass is 32.2. The van der Waals surface area contributed by atoms with Crippen molar-refractivity contribution in [1.29, 1.82) is 0 Å². The number of pyridine rings is 1. The first-order valence-corrected chi connectivity index (χ1v) is 9.17. The van der Waals surface area contributed by atoms with Crippen molar-refractivity contribution in [3.05, 3.63) is 47.5 Å². The second-order valence-corrected chi connectivity index (χ2v) is 7.78. The first-order chi connectivity index (χ1) is 11.0. The number of thiophene rings is 1. The number of rotatable bonds is 3. The van der Waals surface area contributed by atoms with E-state index in [1.54, 1.807) is 24.3 Å². The molecule has 0 unspecified atom stereocenters. The molecule has 1 aromatic carbocycles. The maximum Gasteiger partial charge on any atom is 0.263 e. The molecule has 0 saturated heterocycles. The fourth-order valence-electron chi connectivity index (χ4n) is 2.52. The van der Waals surface area contributed by atoms with Gasteiger partial charge in [-0.3, -0.25) is 14.5 Å². The number of anilines is 2. The lowest BCUT2D eigenvalue weighted by Gasteiger charge is -2.11. The molecule has 3 aromatic rings. The van der Waals surface area contributed by atoms with Crippen molar-refractivity contribution in [1.82, 2.24) is 4.98 Å². The minimum atomic E-state index is -3.78. The summed E-state index contributed by atoms with van der Waals surface area (Å²) in [7, 11) is -3.78. The number of aromatic nitrogens is 1. The highest BCUT2D eigenvalue weighted by Gasteiger charge is 2.23. The van der Waals surface area contributed by atoms with Gasteiger partial charge in [-0.2, -0.15) is 0 Å². The number of sulfonamides is 1. The Bertz CT molecular complexity index is 1040. The molecule has 0 fully saturated rings. The van der Waals surface area contributed by atoms with Gasteiger partial charge in [0, 0.05) is 6.20 Å². The van der Waals surface area contributed by atoms with Crippen LogP contribution in [0.15, 0.2) is 46.8 Å². The number of benzene rings is 1. The molecule has 116 valence electrons. The van der Waals surface area contributed by atoms with E-state index in [1.807, 2.05) is 11.4 Å². The van der Waals surface area contributed by atoms with Crippen molar-refractivity contribution in [2.45, 2.75) is 11.3 Å². The van der Waals surface area contributed by atoms with Gasteiger partial charge in [0.1, 0.15) is 4.90 Å². The quantitative estimate of drug-likeness (QED) is 0.764. The fraction of sp³-hybridized carbons (Fsp3) is 0.0667. The van der Waals surface area contributed by atoms with E-state index in [0.29, 0.717) is 11.4 Å². The van der Waals surface area contributed by atoms with Gasteiger partial charge in [0.05, 0.1) is 28.0 Å². The van der Waals surface area contributed by atoms with Crippen molar-refractivity contribution in [2.75, 3.05) is 10.0 Å². The first kappa shape index (κ1) is 14.2. The topological polar surface area (TPSA) is 88.2 Å². The number of nitrogens with zero attached hydrogens (tertiary/aromatic N) is 1. The Labute approximate surface area is 136 Å². The summed E-state index contributed by atoms with van der Waals surface area (Å²) in [4.78, 5) is 15.8. The molecule has 8 heteroatoms. The predicted octanol–water partition coefficient (Wildman–Crippen LogP) is 2.59. The van der Waals surface area contributed by atoms with E-state index >= 15 is 0 Å². The molecule has 0 spiro atoms. The lowest BCUT2D eigenvalue weighted by molar-refractivity contribution is -0.115. The van der Waals surface area contributed by atoms with Crippen LogP contribution in [0.5, 0.6) is 0 Å². The summed E-state index contributed by atoms with van der Waals surface area (Å²) in [5.74, 6) is -0.145. The molecule has 0 bridgehead atoms. The average molecular weight is 345 g/mol. The minimum absolute atomic E-state index is 0.0920. The van der Waals surface area contributed by atoms with Crippen LogP contribution in [-0.2, 0) is 21.2 Å². The average Bonchev–Trinajstić information content (AvgIpc) is 3.11. The Hall–Kier alpha value is -2.45. The molecule has 0 saturated carbocycles. The predicted molar refractivity (Wildman–Crippen MR) is 89.2 cm³/mol. The molecule has 23 heavy (non-hydrogen) atoms. The largest absolute Gasteiger partial charge is 0.324 e. The summed E-state index contributed by atoms with van der Waals surface area (Å²) in [6, 6.07) is 8.57. The molecule has 1 amide bonds. The summed E-state index contributed by atoms with van der Waals surface area (Å²) in [6.45, 7) is 0. The van der Waals surface area contributed by atoms with E-state index in [0.717, 1.165) is 15.8 Å². The highest BCUT2D eigenvalue weighted by molar-refractivity contribution is 7.92. The van der Waals surface area contributed by atoms with Crippen LogP contribution in [-0.4, -0.2) is 19.3 Å². The van der Waals surface area contributed by atoms with Crippen LogP contribution in [0.25, 0.3) is 10.2 Å². The molecule has 3 heterocycles. The summed E-state index contributed by atoms with van der Waals surface area (Å²) < 4.78 is 28.5. The molecule has 6 nitrogen and oxygen atoms in total. The number of hydrogen-bond acceptors (Lipinski definition) is 5. The lowest BCUT2D eigenvalue weighted by atomic mass is 10.1. The molecule has 1 aliphatic rings. The van der Waals surface area contributed by atoms with Crippen molar-refractivity contribution in [2.24, 2.45) is 0 Å². The van der Waals surface area contributed by atoms with Gasteiger partial charge in [0.2, 0.25) is 5.91 Å². The zero-order valence-corrected chi connectivity index (χ0v) is 13.4. The molecular formula is C15H11N3O3S2. The monoisotopic (exact) mass is 345 g/mol. The molecule has 0 atom stereocenters. The third-order valence-electron chi connectivity index (χ3n) is 3.60. The van der Waals surface area contributed by atoms with Crippen LogP contribution in [0.2, 0.25) is 0 Å². The van der Waals surface area contributed by atoms with Gasteiger partial charge < -0.3 is 5.32 Å². The van der Waals surface area contributed by atoms with Gasteiger partial charge in [0.25, 0.3) is 10.0 Å². The third kappa shape index (κ3) is 2.45. The van der Waals surface area contributed by atoms with E-state index < -0.39 is 10.0 Å². The first-order valence-electron chi connectivity index (χ1n) is 6.81. The number of nitrogens with one attached hydrogen (secondary N) is 2. The Balaban J connectivity index is 1.73. The van der Waals surface area contributed by atoms with Crippen LogP contribution >= 0.6 is 11.3 Å². The van der Waals surface area contributed by atoms with Crippen LogP contribution in [0.4, 0.5) is 11.4 Å². The van der Waals surface area contributed by atoms with Gasteiger partial charge in [-0.05, 0) is 29.1 Å². The Morgan fingerprint density at radius 2 is 2.13 bits per heavy atom. The van der Waals surface area contributed by atoms with Crippen LogP contribution in [0.3, 0.4) is 0 Å². The Kier molecular flexibility index (Phi) is 3.10. The Morgan fingerprint density at radius 1 is 1.26 bits per heavy atom. The van der Waals surface area contributed by atoms with Crippen molar-refractivity contribution < 1.29 is 13.2 Å². The van der Waals surface area contributed by atoms with Crippen LogP contribution in [0, 0.1) is 0 Å². The van der Waals surface area contributed by atoms with Gasteiger partial charge in [-0.1, -0.05) is 12.1 Å². The standard InChI is InChI=1S/C15H11N3O3S2/c19-14-6-9-2-1-3-12(15(9)17-14)18-23(20,21)10-7-13-11(16-8-10)4-5-22-13/h1-5,7-8,18H,6H2,(H,17,19). The summed E-state index contributed by atoms with van der Waals surface area (Å²) in [5, 5.41) is 4.55. The van der Waals surface area contributed by atoms with Gasteiger partial charge >= 0.3 is 0 Å². The second-order valence-electron chi connectivity index (χ2n) is 5.15. The lowest BCUT2D eigenvalue weighted by Crippen LogP contribution is -2.14. The van der Waals surface area contributed by atoms with Crippen molar-refractivity contribution >= 4 is 48.9 Å². The van der Waals surface area contributed by atoms with E-state index in [9.17, 15) is 13.2 Å². The van der Waals surface area contributed by atoms with E-state index in [-0.39, 0.29) is 17.2 Å². The van der Waals surface area contributed by atoms with Crippen molar-refractivity contribution in [3.63, 3.8) is 0 Å². The number of carbonyl (C=O) groups excluding carboxylic acids is 1. The molecule has 1 aliphatic heterocycles. The van der Waals surface area contributed by atoms with E-state index in [2.05, 4.69) is 15.0 Å². The fourth-order valence-corrected chi connectivity index (χ4v) is 4.41. The van der Waals surface area contributed by atoms with Crippen LogP contribution < -0.4 is 10.0 Å². The van der Waals surface area contributed by atoms with E-state index in [4.69, 9.17) is 0 Å². The minimum Gasteiger partial charge on any atom is -0.324 e. The Morgan fingerprint density at radius 3 is 3.00 bits per heavy atom. The third-order valence-corrected chi connectivity index (χ3v) is 5.78. The molecular weight excluding hydrogens is 334 g/mol. The van der Waals surface area contributed by atoms with Gasteiger partial charge in [-0.25, -0.2) is 8.42 Å². The van der Waals surface area contributed by atoms with Gasteiger partial charge in [0.15, 0.2) is 0 Å². The summed E-state index contributed by atoms with van der Waals surface area (Å²) in [6.07, 6.45) is 1.59. The maximum absolute atomic E-state index is 12.6. The number of amides is 1. The number of fused-ring (bicyclic) bond motifs is 2. The van der Waals surface area contributed by atoms with Crippen molar-refractivity contribution in [3.8, 4) is 0 Å². The second kappa shape index (κ2) is 5.04. The zero-order valence-electron chi connectivity index (χ0n) is 11.7. The summed E-state index contributed by atoms with van der Waals surface area (Å²) in [5.41, 5.74) is 2.43. The highest BCUT2D eigenvalue weighted by Crippen LogP contribution is 2.33. The van der Waals surface area contributed by atoms with Gasteiger partial charge in [-0.15, -0.1) is 11.3 Å².